The minimum absolute atomic E-state index is 0.100. The number of nitrogens with zero attached hydrogens (tertiary/aromatic N) is 3. The van der Waals surface area contributed by atoms with E-state index in [2.05, 4.69) is 20.6 Å². The van der Waals surface area contributed by atoms with E-state index in [1.54, 1.807) is 16.8 Å². The van der Waals surface area contributed by atoms with Gasteiger partial charge in [0.2, 0.25) is 11.8 Å². The Labute approximate surface area is 170 Å². The summed E-state index contributed by atoms with van der Waals surface area (Å²) in [5.41, 5.74) is 3.35. The molecule has 1 aromatic carbocycles. The zero-order chi connectivity index (χ0) is 21.1. The molecule has 1 aromatic heterocycles. The zero-order valence-corrected chi connectivity index (χ0v) is 17.3. The molecular formula is C21H28FN5O2. The Morgan fingerprint density at radius 2 is 2.00 bits per heavy atom. The molecule has 1 saturated heterocycles. The number of rotatable bonds is 6. The fourth-order valence-electron chi connectivity index (χ4n) is 3.76. The fraction of sp³-hybridized carbons (Fsp3) is 0.476. The van der Waals surface area contributed by atoms with Gasteiger partial charge in [0.05, 0.1) is 23.8 Å². The Morgan fingerprint density at radius 3 is 2.66 bits per heavy atom. The molecule has 1 fully saturated rings. The second-order valence-electron chi connectivity index (χ2n) is 7.66. The summed E-state index contributed by atoms with van der Waals surface area (Å²) in [4.78, 5) is 26.8. The maximum absolute atomic E-state index is 13.2. The number of nitrogens with one attached hydrogen (secondary N) is 2. The third-order valence-electron chi connectivity index (χ3n) is 5.39. The molecule has 0 aliphatic carbocycles. The highest BCUT2D eigenvalue weighted by Gasteiger charge is 2.32. The van der Waals surface area contributed by atoms with Crippen molar-refractivity contribution in [3.63, 3.8) is 0 Å². The van der Waals surface area contributed by atoms with Crippen molar-refractivity contribution in [1.82, 2.24) is 25.3 Å². The molecule has 3 rings (SSSR count). The molecule has 1 atom stereocenters. The van der Waals surface area contributed by atoms with Gasteiger partial charge in [0.15, 0.2) is 0 Å². The van der Waals surface area contributed by atoms with Crippen molar-refractivity contribution in [3.8, 4) is 5.69 Å². The third kappa shape index (κ3) is 4.64. The van der Waals surface area contributed by atoms with Gasteiger partial charge in [-0.1, -0.05) is 0 Å². The Bertz CT molecular complexity index is 891. The average Bonchev–Trinajstić information content (AvgIpc) is 2.96. The first-order valence-corrected chi connectivity index (χ1v) is 9.89. The van der Waals surface area contributed by atoms with E-state index in [0.717, 1.165) is 29.2 Å². The summed E-state index contributed by atoms with van der Waals surface area (Å²) in [6.07, 6.45) is 0.119. The second kappa shape index (κ2) is 8.73. The van der Waals surface area contributed by atoms with Crippen molar-refractivity contribution in [1.29, 1.82) is 0 Å². The van der Waals surface area contributed by atoms with Gasteiger partial charge in [-0.25, -0.2) is 9.07 Å². The van der Waals surface area contributed by atoms with E-state index in [9.17, 15) is 14.0 Å². The molecule has 2 amide bonds. The first-order valence-electron chi connectivity index (χ1n) is 9.89. The summed E-state index contributed by atoms with van der Waals surface area (Å²) in [7, 11) is 0. The van der Waals surface area contributed by atoms with E-state index in [4.69, 9.17) is 0 Å². The standard InChI is InChI=1S/C21H28FN5O2/c1-13(2)26-10-9-23-21(29)19(26)11-20(28)24-12-18-14(3)25-27(15(18)4)17-7-5-16(22)6-8-17/h5-8,13,19H,9-12H2,1-4H3,(H,23,29)(H,24,28)/t19-/m0/s1. The predicted octanol–water partition coefficient (Wildman–Crippen LogP) is 1.84. The van der Waals surface area contributed by atoms with E-state index in [1.165, 1.54) is 12.1 Å². The van der Waals surface area contributed by atoms with Gasteiger partial charge in [0.25, 0.3) is 0 Å². The SMILES string of the molecule is Cc1nn(-c2ccc(F)cc2)c(C)c1CNC(=O)C[C@H]1C(=O)NCCN1C(C)C. The first kappa shape index (κ1) is 21.0. The van der Waals surface area contributed by atoms with E-state index in [0.29, 0.717) is 13.1 Å². The fourth-order valence-corrected chi connectivity index (χ4v) is 3.76. The van der Waals surface area contributed by atoms with Crippen LogP contribution in [0.4, 0.5) is 4.39 Å². The van der Waals surface area contributed by atoms with Gasteiger partial charge in [0, 0.05) is 36.9 Å². The molecule has 7 nitrogen and oxygen atoms in total. The number of aryl methyl sites for hydroxylation is 1. The lowest BCUT2D eigenvalue weighted by molar-refractivity contribution is -0.134. The molecule has 0 bridgehead atoms. The van der Waals surface area contributed by atoms with E-state index in [1.807, 2.05) is 27.7 Å². The minimum Gasteiger partial charge on any atom is -0.353 e. The number of aromatic nitrogens is 2. The lowest BCUT2D eigenvalue weighted by atomic mass is 10.1. The van der Waals surface area contributed by atoms with E-state index in [-0.39, 0.29) is 30.1 Å². The number of piperazine rings is 1. The van der Waals surface area contributed by atoms with Gasteiger partial charge in [-0.3, -0.25) is 14.5 Å². The molecule has 29 heavy (non-hydrogen) atoms. The Hall–Kier alpha value is -2.74. The van der Waals surface area contributed by atoms with Gasteiger partial charge < -0.3 is 10.6 Å². The smallest absolute Gasteiger partial charge is 0.237 e. The number of hydrogen-bond acceptors (Lipinski definition) is 4. The van der Waals surface area contributed by atoms with Crippen molar-refractivity contribution >= 4 is 11.8 Å². The second-order valence-corrected chi connectivity index (χ2v) is 7.66. The molecule has 2 aromatic rings. The molecule has 1 aliphatic rings. The molecule has 2 heterocycles. The monoisotopic (exact) mass is 401 g/mol. The average molecular weight is 401 g/mol. The van der Waals surface area contributed by atoms with Crippen molar-refractivity contribution in [2.45, 2.75) is 52.7 Å². The van der Waals surface area contributed by atoms with Gasteiger partial charge in [0.1, 0.15) is 5.82 Å². The molecule has 1 aliphatic heterocycles. The Balaban J connectivity index is 1.67. The van der Waals surface area contributed by atoms with Crippen LogP contribution in [0.5, 0.6) is 0 Å². The number of carbonyl (C=O) groups excluding carboxylic acids is 2. The third-order valence-corrected chi connectivity index (χ3v) is 5.39. The molecule has 0 unspecified atom stereocenters. The maximum atomic E-state index is 13.2. The van der Waals surface area contributed by atoms with Crippen LogP contribution in [0.25, 0.3) is 5.69 Å². The number of carbonyl (C=O) groups is 2. The van der Waals surface area contributed by atoms with Crippen LogP contribution in [0.1, 0.15) is 37.2 Å². The van der Waals surface area contributed by atoms with Crippen LogP contribution in [0.3, 0.4) is 0 Å². The summed E-state index contributed by atoms with van der Waals surface area (Å²) < 4.78 is 14.9. The van der Waals surface area contributed by atoms with Crippen molar-refractivity contribution in [2.24, 2.45) is 0 Å². The zero-order valence-electron chi connectivity index (χ0n) is 17.3. The van der Waals surface area contributed by atoms with Crippen LogP contribution in [-0.4, -0.2) is 51.7 Å². The topological polar surface area (TPSA) is 79.3 Å². The largest absolute Gasteiger partial charge is 0.353 e. The van der Waals surface area contributed by atoms with Gasteiger partial charge in [-0.2, -0.15) is 5.10 Å². The van der Waals surface area contributed by atoms with Crippen LogP contribution in [0.15, 0.2) is 24.3 Å². The number of hydrogen-bond donors (Lipinski definition) is 2. The summed E-state index contributed by atoms with van der Waals surface area (Å²) in [5, 5.41) is 10.3. The normalized spacial score (nSPS) is 17.4. The summed E-state index contributed by atoms with van der Waals surface area (Å²) in [6, 6.07) is 5.86. The molecule has 8 heteroatoms. The summed E-state index contributed by atoms with van der Waals surface area (Å²) in [5.74, 6) is -0.576. The summed E-state index contributed by atoms with van der Waals surface area (Å²) >= 11 is 0. The van der Waals surface area contributed by atoms with E-state index < -0.39 is 6.04 Å². The Morgan fingerprint density at radius 1 is 1.31 bits per heavy atom. The molecule has 2 N–H and O–H groups in total. The van der Waals surface area contributed by atoms with Crippen LogP contribution in [-0.2, 0) is 16.1 Å². The predicted molar refractivity (Wildman–Crippen MR) is 108 cm³/mol. The van der Waals surface area contributed by atoms with Crippen LogP contribution < -0.4 is 10.6 Å². The van der Waals surface area contributed by atoms with Crippen LogP contribution >= 0.6 is 0 Å². The molecule has 156 valence electrons. The highest BCUT2D eigenvalue weighted by Crippen LogP contribution is 2.19. The van der Waals surface area contributed by atoms with Gasteiger partial charge in [-0.15, -0.1) is 0 Å². The summed E-state index contributed by atoms with van der Waals surface area (Å²) in [6.45, 7) is 9.53. The molecular weight excluding hydrogens is 373 g/mol. The van der Waals surface area contributed by atoms with Crippen LogP contribution in [0.2, 0.25) is 0 Å². The van der Waals surface area contributed by atoms with Gasteiger partial charge in [-0.05, 0) is 52.0 Å². The minimum atomic E-state index is -0.451. The highest BCUT2D eigenvalue weighted by molar-refractivity contribution is 5.88. The first-order chi connectivity index (χ1) is 13.8. The van der Waals surface area contributed by atoms with Crippen molar-refractivity contribution < 1.29 is 14.0 Å². The van der Waals surface area contributed by atoms with E-state index >= 15 is 0 Å². The quantitative estimate of drug-likeness (QED) is 0.774. The molecule has 0 spiro atoms. The highest BCUT2D eigenvalue weighted by atomic mass is 19.1. The maximum Gasteiger partial charge on any atom is 0.237 e. The van der Waals surface area contributed by atoms with Crippen molar-refractivity contribution in [3.05, 3.63) is 47.0 Å². The molecule has 0 saturated carbocycles. The number of amides is 2. The Kier molecular flexibility index (Phi) is 6.32. The number of benzene rings is 1. The van der Waals surface area contributed by atoms with Gasteiger partial charge >= 0.3 is 0 Å². The molecule has 0 radical (unpaired) electrons. The van der Waals surface area contributed by atoms with Crippen molar-refractivity contribution in [2.75, 3.05) is 13.1 Å². The van der Waals surface area contributed by atoms with Crippen LogP contribution in [0, 0.1) is 19.7 Å². The lowest BCUT2D eigenvalue weighted by Gasteiger charge is -2.37. The number of halogens is 1. The lowest BCUT2D eigenvalue weighted by Crippen LogP contribution is -2.58.